The lowest BCUT2D eigenvalue weighted by Crippen LogP contribution is -2.08. The van der Waals surface area contributed by atoms with E-state index < -0.39 is 0 Å². The van der Waals surface area contributed by atoms with Gasteiger partial charge in [0.1, 0.15) is 18.2 Å². The minimum Gasteiger partial charge on any atom is -0.489 e. The molecule has 2 nitrogen and oxygen atoms in total. The van der Waals surface area contributed by atoms with Gasteiger partial charge in [-0.25, -0.2) is 4.39 Å². The third-order valence-corrected chi connectivity index (χ3v) is 6.19. The number of benzene rings is 3. The molecule has 0 aliphatic heterocycles. The molecular weight excluding hydrogens is 447 g/mol. The summed E-state index contributed by atoms with van der Waals surface area (Å²) in [6, 6.07) is 21.5. The molecule has 0 spiro atoms. The number of ether oxygens (including phenoxy) is 2. The molecule has 0 bridgehead atoms. The van der Waals surface area contributed by atoms with Crippen molar-refractivity contribution in [2.45, 2.75) is 58.5 Å². The van der Waals surface area contributed by atoms with Crippen LogP contribution in [0.3, 0.4) is 0 Å². The molecule has 0 radical (unpaired) electrons. The summed E-state index contributed by atoms with van der Waals surface area (Å²) in [5.74, 6) is 0.206. The number of unbranched alkanes of at least 4 members (excludes halogenated alkanes) is 3. The lowest BCUT2D eigenvalue weighted by atomic mass is 9.99. The molecule has 0 heterocycles. The van der Waals surface area contributed by atoms with Gasteiger partial charge in [0, 0.05) is 18.2 Å². The third kappa shape index (κ3) is 8.80. The summed E-state index contributed by atoms with van der Waals surface area (Å²) in [4.78, 5) is 0. The van der Waals surface area contributed by atoms with Crippen LogP contribution in [0.25, 0.3) is 28.3 Å². The van der Waals surface area contributed by atoms with Crippen LogP contribution in [0, 0.1) is 5.82 Å². The summed E-state index contributed by atoms with van der Waals surface area (Å²) in [5, 5.41) is 0. The van der Waals surface area contributed by atoms with Crippen molar-refractivity contribution in [3.8, 4) is 28.0 Å². The zero-order valence-corrected chi connectivity index (χ0v) is 21.7. The number of rotatable bonds is 15. The Bertz CT molecular complexity index is 1080. The molecule has 0 aliphatic rings. The maximum absolute atomic E-state index is 14.6. The Morgan fingerprint density at radius 1 is 0.889 bits per heavy atom. The number of hydrogen-bond acceptors (Lipinski definition) is 2. The summed E-state index contributed by atoms with van der Waals surface area (Å²) in [5.41, 5.74) is 4.84. The highest BCUT2D eigenvalue weighted by Gasteiger charge is 2.08. The van der Waals surface area contributed by atoms with Gasteiger partial charge in [0.25, 0.3) is 0 Å². The molecule has 3 aromatic rings. The quantitative estimate of drug-likeness (QED) is 0.157. The van der Waals surface area contributed by atoms with Crippen molar-refractivity contribution in [2.75, 3.05) is 13.2 Å². The zero-order valence-electron chi connectivity index (χ0n) is 21.7. The van der Waals surface area contributed by atoms with E-state index in [9.17, 15) is 4.39 Å². The van der Waals surface area contributed by atoms with E-state index in [0.29, 0.717) is 24.0 Å². The Kier molecular flexibility index (Phi) is 11.5. The third-order valence-electron chi connectivity index (χ3n) is 6.19. The van der Waals surface area contributed by atoms with Gasteiger partial charge in [-0.05, 0) is 67.0 Å². The summed E-state index contributed by atoms with van der Waals surface area (Å²) in [6.07, 6.45) is 13.4. The maximum atomic E-state index is 14.6. The van der Waals surface area contributed by atoms with Crippen molar-refractivity contribution in [1.29, 1.82) is 0 Å². The van der Waals surface area contributed by atoms with Crippen LogP contribution in [0.4, 0.5) is 4.39 Å². The SMILES string of the molecule is C=CCOc1ccc(-c2ccc(-c3ccc(/C=C/CCCC(C)OCCCCC)cc3)cc2)c(F)c1. The molecular formula is C33H39FO2. The molecule has 3 heteroatoms. The fraction of sp³-hybridized carbons (Fsp3) is 0.333. The van der Waals surface area contributed by atoms with Crippen molar-refractivity contribution >= 4 is 6.08 Å². The standard InChI is InChI=1S/C33H39FO2/c1-4-6-10-24-35-26(3)11-8-7-9-12-27-13-15-28(16-14-27)29-17-19-30(20-18-29)32-22-21-31(25-33(32)34)36-23-5-2/h5,9,12-22,25-26H,2,4,6-8,10-11,23-24H2,1,3H3/b12-9+. The minimum absolute atomic E-state index is 0.297. The van der Waals surface area contributed by atoms with Crippen molar-refractivity contribution in [3.05, 3.63) is 96.8 Å². The Morgan fingerprint density at radius 3 is 2.25 bits per heavy atom. The molecule has 0 N–H and O–H groups in total. The van der Waals surface area contributed by atoms with Crippen LogP contribution in [-0.2, 0) is 4.74 Å². The number of halogens is 1. The summed E-state index contributed by atoms with van der Waals surface area (Å²) >= 11 is 0. The molecule has 1 atom stereocenters. The summed E-state index contributed by atoms with van der Waals surface area (Å²) < 4.78 is 25.9. The molecule has 0 saturated carbocycles. The summed E-state index contributed by atoms with van der Waals surface area (Å²) in [7, 11) is 0. The second kappa shape index (κ2) is 15.1. The number of hydrogen-bond donors (Lipinski definition) is 0. The van der Waals surface area contributed by atoms with Gasteiger partial charge in [0.2, 0.25) is 0 Å². The highest BCUT2D eigenvalue weighted by molar-refractivity contribution is 5.71. The van der Waals surface area contributed by atoms with Crippen LogP contribution in [0.15, 0.2) is 85.5 Å². The molecule has 3 aromatic carbocycles. The van der Waals surface area contributed by atoms with E-state index in [-0.39, 0.29) is 5.82 Å². The second-order valence-corrected chi connectivity index (χ2v) is 9.16. The van der Waals surface area contributed by atoms with Crippen molar-refractivity contribution < 1.29 is 13.9 Å². The van der Waals surface area contributed by atoms with Crippen LogP contribution >= 0.6 is 0 Å². The minimum atomic E-state index is -0.297. The first-order valence-corrected chi connectivity index (χ1v) is 13.1. The van der Waals surface area contributed by atoms with Crippen LogP contribution in [0.2, 0.25) is 0 Å². The van der Waals surface area contributed by atoms with Gasteiger partial charge in [-0.15, -0.1) is 0 Å². The topological polar surface area (TPSA) is 18.5 Å². The average Bonchev–Trinajstić information content (AvgIpc) is 2.90. The van der Waals surface area contributed by atoms with E-state index in [4.69, 9.17) is 9.47 Å². The van der Waals surface area contributed by atoms with Gasteiger partial charge >= 0.3 is 0 Å². The molecule has 3 rings (SSSR count). The molecule has 0 aliphatic carbocycles. The summed E-state index contributed by atoms with van der Waals surface area (Å²) in [6.45, 7) is 9.24. The van der Waals surface area contributed by atoms with Crippen molar-refractivity contribution in [2.24, 2.45) is 0 Å². The first kappa shape index (κ1) is 27.4. The normalized spacial score (nSPS) is 12.1. The van der Waals surface area contributed by atoms with Crippen LogP contribution in [0.1, 0.15) is 57.9 Å². The molecule has 1 unspecified atom stereocenters. The van der Waals surface area contributed by atoms with Gasteiger partial charge in [-0.1, -0.05) is 93.1 Å². The lowest BCUT2D eigenvalue weighted by molar-refractivity contribution is 0.0566. The Morgan fingerprint density at radius 2 is 1.58 bits per heavy atom. The van der Waals surface area contributed by atoms with E-state index >= 15 is 0 Å². The predicted molar refractivity (Wildman–Crippen MR) is 151 cm³/mol. The van der Waals surface area contributed by atoms with Crippen LogP contribution < -0.4 is 4.74 Å². The first-order valence-electron chi connectivity index (χ1n) is 13.1. The van der Waals surface area contributed by atoms with E-state index in [1.165, 1.54) is 30.9 Å². The number of allylic oxidation sites excluding steroid dienone is 1. The fourth-order valence-electron chi connectivity index (χ4n) is 4.07. The highest BCUT2D eigenvalue weighted by Crippen LogP contribution is 2.29. The van der Waals surface area contributed by atoms with Gasteiger partial charge in [-0.3, -0.25) is 0 Å². The Balaban J connectivity index is 1.49. The van der Waals surface area contributed by atoms with E-state index in [1.54, 1.807) is 18.2 Å². The van der Waals surface area contributed by atoms with Gasteiger partial charge in [0.05, 0.1) is 6.10 Å². The van der Waals surface area contributed by atoms with Gasteiger partial charge in [-0.2, -0.15) is 0 Å². The van der Waals surface area contributed by atoms with Crippen LogP contribution in [0.5, 0.6) is 5.75 Å². The van der Waals surface area contributed by atoms with Crippen LogP contribution in [-0.4, -0.2) is 19.3 Å². The molecule has 0 fully saturated rings. The fourth-order valence-corrected chi connectivity index (χ4v) is 4.07. The predicted octanol–water partition coefficient (Wildman–Crippen LogP) is 9.50. The molecule has 36 heavy (non-hydrogen) atoms. The Labute approximate surface area is 216 Å². The van der Waals surface area contributed by atoms with Gasteiger partial charge < -0.3 is 9.47 Å². The lowest BCUT2D eigenvalue weighted by Gasteiger charge is -2.12. The monoisotopic (exact) mass is 486 g/mol. The smallest absolute Gasteiger partial charge is 0.134 e. The largest absolute Gasteiger partial charge is 0.489 e. The van der Waals surface area contributed by atoms with E-state index in [2.05, 4.69) is 56.8 Å². The average molecular weight is 487 g/mol. The highest BCUT2D eigenvalue weighted by atomic mass is 19.1. The maximum Gasteiger partial charge on any atom is 0.134 e. The molecule has 0 saturated heterocycles. The van der Waals surface area contributed by atoms with Crippen molar-refractivity contribution in [1.82, 2.24) is 0 Å². The molecule has 190 valence electrons. The van der Waals surface area contributed by atoms with Gasteiger partial charge in [0.15, 0.2) is 0 Å². The van der Waals surface area contributed by atoms with E-state index in [0.717, 1.165) is 42.6 Å². The molecule has 0 aromatic heterocycles. The Hall–Kier alpha value is -3.17. The molecule has 0 amide bonds. The van der Waals surface area contributed by atoms with Crippen molar-refractivity contribution in [3.63, 3.8) is 0 Å². The first-order chi connectivity index (χ1) is 17.6. The second-order valence-electron chi connectivity index (χ2n) is 9.16. The zero-order chi connectivity index (χ0) is 25.6. The van der Waals surface area contributed by atoms with E-state index in [1.807, 2.05) is 24.3 Å².